The first-order chi connectivity index (χ1) is 10.0. The summed E-state index contributed by atoms with van der Waals surface area (Å²) in [5.74, 6) is -1.41. The number of aromatic amines is 1. The molecule has 106 valence electrons. The molecule has 1 heterocycles. The molecular formula is C15H11FN2O3. The van der Waals surface area contributed by atoms with Crippen molar-refractivity contribution in [2.75, 3.05) is 5.32 Å². The van der Waals surface area contributed by atoms with Gasteiger partial charge in [-0.15, -0.1) is 0 Å². The summed E-state index contributed by atoms with van der Waals surface area (Å²) in [4.78, 5) is 15.0. The fourth-order valence-corrected chi connectivity index (χ4v) is 2.03. The second kappa shape index (κ2) is 4.82. The minimum absolute atomic E-state index is 0.267. The minimum atomic E-state index is -0.434. The van der Waals surface area contributed by atoms with Crippen molar-refractivity contribution < 1.29 is 19.4 Å². The van der Waals surface area contributed by atoms with E-state index in [0.29, 0.717) is 16.6 Å². The van der Waals surface area contributed by atoms with Crippen LogP contribution >= 0.6 is 0 Å². The van der Waals surface area contributed by atoms with Gasteiger partial charge in [-0.05, 0) is 36.4 Å². The van der Waals surface area contributed by atoms with Crippen molar-refractivity contribution in [1.29, 1.82) is 0 Å². The largest absolute Gasteiger partial charge is 0.504 e. The Kier molecular flexibility index (Phi) is 2.98. The van der Waals surface area contributed by atoms with Gasteiger partial charge in [0.05, 0.1) is 0 Å². The number of benzene rings is 2. The number of H-pyrrole nitrogens is 1. The number of nitrogens with one attached hydrogen (secondary N) is 2. The van der Waals surface area contributed by atoms with Gasteiger partial charge in [-0.25, -0.2) is 4.39 Å². The summed E-state index contributed by atoms with van der Waals surface area (Å²) in [6.45, 7) is 0. The molecule has 5 nitrogen and oxygen atoms in total. The number of aromatic nitrogens is 1. The Labute approximate surface area is 118 Å². The van der Waals surface area contributed by atoms with Gasteiger partial charge in [0.1, 0.15) is 11.5 Å². The van der Waals surface area contributed by atoms with Gasteiger partial charge in [0.2, 0.25) is 0 Å². The van der Waals surface area contributed by atoms with Crippen LogP contribution in [0.5, 0.6) is 11.5 Å². The van der Waals surface area contributed by atoms with E-state index in [2.05, 4.69) is 10.3 Å². The van der Waals surface area contributed by atoms with Crippen LogP contribution < -0.4 is 5.32 Å². The number of aromatic hydroxyl groups is 2. The van der Waals surface area contributed by atoms with E-state index in [1.54, 1.807) is 6.07 Å². The lowest BCUT2D eigenvalue weighted by Gasteiger charge is -2.05. The zero-order valence-corrected chi connectivity index (χ0v) is 10.7. The first-order valence-electron chi connectivity index (χ1n) is 6.14. The van der Waals surface area contributed by atoms with Gasteiger partial charge in [0.15, 0.2) is 11.5 Å². The third-order valence-electron chi connectivity index (χ3n) is 3.06. The van der Waals surface area contributed by atoms with Crippen LogP contribution in [0.25, 0.3) is 10.9 Å². The smallest absolute Gasteiger partial charge is 0.272 e. The highest BCUT2D eigenvalue weighted by Crippen LogP contribution is 2.27. The van der Waals surface area contributed by atoms with Gasteiger partial charge in [-0.2, -0.15) is 0 Å². The number of hydrogen-bond acceptors (Lipinski definition) is 3. The average Bonchev–Trinajstić information content (AvgIpc) is 2.86. The molecular weight excluding hydrogens is 275 g/mol. The van der Waals surface area contributed by atoms with Gasteiger partial charge >= 0.3 is 0 Å². The van der Waals surface area contributed by atoms with E-state index < -0.39 is 5.91 Å². The van der Waals surface area contributed by atoms with Gasteiger partial charge in [-0.1, -0.05) is 0 Å². The van der Waals surface area contributed by atoms with Crippen LogP contribution in [0, 0.1) is 5.82 Å². The van der Waals surface area contributed by atoms with E-state index in [-0.39, 0.29) is 23.0 Å². The molecule has 4 N–H and O–H groups in total. The van der Waals surface area contributed by atoms with E-state index in [1.165, 1.54) is 36.4 Å². The molecule has 1 amide bonds. The molecule has 0 saturated carbocycles. The highest BCUT2D eigenvalue weighted by atomic mass is 19.1. The fourth-order valence-electron chi connectivity index (χ4n) is 2.03. The van der Waals surface area contributed by atoms with Gasteiger partial charge in [0, 0.05) is 22.7 Å². The quantitative estimate of drug-likeness (QED) is 0.431. The highest BCUT2D eigenvalue weighted by Gasteiger charge is 2.11. The number of anilines is 1. The molecule has 0 aliphatic carbocycles. The first kappa shape index (κ1) is 13.0. The molecule has 21 heavy (non-hydrogen) atoms. The van der Waals surface area contributed by atoms with E-state index >= 15 is 0 Å². The third-order valence-corrected chi connectivity index (χ3v) is 3.06. The predicted octanol–water partition coefficient (Wildman–Crippen LogP) is 2.97. The van der Waals surface area contributed by atoms with Crippen LogP contribution in [0.1, 0.15) is 10.5 Å². The second-order valence-electron chi connectivity index (χ2n) is 4.57. The molecule has 1 aromatic heterocycles. The van der Waals surface area contributed by atoms with Crippen molar-refractivity contribution in [2.45, 2.75) is 0 Å². The lowest BCUT2D eigenvalue weighted by Crippen LogP contribution is -2.11. The molecule has 0 spiro atoms. The SMILES string of the molecule is O=C(Nc1ccc(O)c(O)c1)c1cc2cc(F)ccc2[nH]1. The van der Waals surface area contributed by atoms with Crippen LogP contribution in [0.15, 0.2) is 42.5 Å². The Morgan fingerprint density at radius 2 is 1.86 bits per heavy atom. The van der Waals surface area contributed by atoms with Crippen molar-refractivity contribution in [3.8, 4) is 11.5 Å². The Morgan fingerprint density at radius 3 is 2.62 bits per heavy atom. The first-order valence-corrected chi connectivity index (χ1v) is 6.14. The number of phenolic OH excluding ortho intramolecular Hbond substituents is 2. The molecule has 3 rings (SSSR count). The summed E-state index contributed by atoms with van der Waals surface area (Å²) in [5.41, 5.74) is 1.25. The maximum absolute atomic E-state index is 13.1. The lowest BCUT2D eigenvalue weighted by molar-refractivity contribution is 0.102. The minimum Gasteiger partial charge on any atom is -0.504 e. The summed E-state index contributed by atoms with van der Waals surface area (Å²) in [5, 5.41) is 21.7. The number of rotatable bonds is 2. The summed E-state index contributed by atoms with van der Waals surface area (Å²) < 4.78 is 13.1. The molecule has 2 aromatic carbocycles. The van der Waals surface area contributed by atoms with Gasteiger partial charge < -0.3 is 20.5 Å². The van der Waals surface area contributed by atoms with Crippen molar-refractivity contribution >= 4 is 22.5 Å². The lowest BCUT2D eigenvalue weighted by atomic mass is 10.2. The zero-order chi connectivity index (χ0) is 15.0. The fraction of sp³-hybridized carbons (Fsp3) is 0. The summed E-state index contributed by atoms with van der Waals surface area (Å²) in [6.07, 6.45) is 0. The Hall–Kier alpha value is -3.02. The maximum Gasteiger partial charge on any atom is 0.272 e. The molecule has 0 aliphatic rings. The number of halogens is 1. The van der Waals surface area contributed by atoms with Crippen LogP contribution in [-0.4, -0.2) is 21.1 Å². The molecule has 0 unspecified atom stereocenters. The topological polar surface area (TPSA) is 85.3 Å². The van der Waals surface area contributed by atoms with Crippen molar-refractivity contribution in [3.05, 3.63) is 54.0 Å². The molecule has 0 radical (unpaired) electrons. The Morgan fingerprint density at radius 1 is 1.05 bits per heavy atom. The van der Waals surface area contributed by atoms with Crippen LogP contribution in [0.4, 0.5) is 10.1 Å². The predicted molar refractivity (Wildman–Crippen MR) is 76.0 cm³/mol. The number of hydrogen-bond donors (Lipinski definition) is 4. The average molecular weight is 286 g/mol. The third kappa shape index (κ3) is 2.51. The Bertz CT molecular complexity index is 842. The number of fused-ring (bicyclic) bond motifs is 1. The summed E-state index contributed by atoms with van der Waals surface area (Å²) in [6, 6.07) is 9.67. The summed E-state index contributed by atoms with van der Waals surface area (Å²) in [7, 11) is 0. The normalized spacial score (nSPS) is 10.7. The molecule has 0 aliphatic heterocycles. The molecule has 6 heteroatoms. The molecule has 0 atom stereocenters. The number of carbonyl (C=O) groups is 1. The maximum atomic E-state index is 13.1. The van der Waals surface area contributed by atoms with Crippen molar-refractivity contribution in [3.63, 3.8) is 0 Å². The molecule has 0 bridgehead atoms. The zero-order valence-electron chi connectivity index (χ0n) is 10.7. The van der Waals surface area contributed by atoms with E-state index in [0.717, 1.165) is 0 Å². The van der Waals surface area contributed by atoms with Crippen molar-refractivity contribution in [2.24, 2.45) is 0 Å². The van der Waals surface area contributed by atoms with Crippen LogP contribution in [0.3, 0.4) is 0 Å². The van der Waals surface area contributed by atoms with E-state index in [4.69, 9.17) is 0 Å². The van der Waals surface area contributed by atoms with Crippen LogP contribution in [-0.2, 0) is 0 Å². The summed E-state index contributed by atoms with van der Waals surface area (Å²) >= 11 is 0. The van der Waals surface area contributed by atoms with Gasteiger partial charge in [-0.3, -0.25) is 4.79 Å². The van der Waals surface area contributed by atoms with Crippen molar-refractivity contribution in [1.82, 2.24) is 4.98 Å². The number of phenols is 2. The number of amides is 1. The standard InChI is InChI=1S/C15H11FN2O3/c16-9-1-3-11-8(5-9)6-12(18-11)15(21)17-10-2-4-13(19)14(20)7-10/h1-7,18-20H,(H,17,21). The Balaban J connectivity index is 1.87. The second-order valence-corrected chi connectivity index (χ2v) is 4.57. The molecule has 3 aromatic rings. The molecule has 0 fully saturated rings. The molecule has 0 saturated heterocycles. The van der Waals surface area contributed by atoms with Gasteiger partial charge in [0.25, 0.3) is 5.91 Å². The van der Waals surface area contributed by atoms with E-state index in [9.17, 15) is 19.4 Å². The highest BCUT2D eigenvalue weighted by molar-refractivity contribution is 6.06. The van der Waals surface area contributed by atoms with E-state index in [1.807, 2.05) is 0 Å². The van der Waals surface area contributed by atoms with Crippen LogP contribution in [0.2, 0.25) is 0 Å². The number of carbonyl (C=O) groups excluding carboxylic acids is 1. The monoisotopic (exact) mass is 286 g/mol.